The Morgan fingerprint density at radius 1 is 1.38 bits per heavy atom. The summed E-state index contributed by atoms with van der Waals surface area (Å²) in [6.45, 7) is 4.69. The van der Waals surface area contributed by atoms with E-state index in [0.29, 0.717) is 25.3 Å². The van der Waals surface area contributed by atoms with Crippen molar-refractivity contribution in [2.75, 3.05) is 27.4 Å². The van der Waals surface area contributed by atoms with Crippen LogP contribution in [-0.2, 0) is 20.7 Å². The van der Waals surface area contributed by atoms with Crippen LogP contribution in [0.4, 0.5) is 0 Å². The number of aromatic nitrogens is 3. The van der Waals surface area contributed by atoms with E-state index >= 15 is 0 Å². The van der Waals surface area contributed by atoms with Crippen molar-refractivity contribution in [2.24, 2.45) is 0 Å². The molecule has 0 aliphatic carbocycles. The van der Waals surface area contributed by atoms with Crippen molar-refractivity contribution in [3.05, 3.63) is 11.4 Å². The molecule has 1 rings (SSSR count). The molecular weight excluding hydrogens is 276 g/mol. The monoisotopic (exact) mass is 298 g/mol. The molecule has 0 saturated heterocycles. The first-order valence-electron chi connectivity index (χ1n) is 6.85. The molecule has 0 radical (unpaired) electrons. The minimum Gasteiger partial charge on any atom is -0.464 e. The van der Waals surface area contributed by atoms with Crippen LogP contribution in [0.5, 0.6) is 0 Å². The number of esters is 1. The molecule has 1 atom stereocenters. The summed E-state index contributed by atoms with van der Waals surface area (Å²) in [6, 6.07) is -0.548. The number of carbonyl (C=O) groups excluding carboxylic acids is 2. The molecule has 1 aromatic rings. The Morgan fingerprint density at radius 3 is 2.67 bits per heavy atom. The van der Waals surface area contributed by atoms with Gasteiger partial charge in [-0.1, -0.05) is 12.1 Å². The molecule has 0 bridgehead atoms. The summed E-state index contributed by atoms with van der Waals surface area (Å²) < 4.78 is 11.0. The lowest BCUT2D eigenvalue weighted by atomic mass is 10.2. The standard InChI is InChI=1S/C13H22N4O4/c1-5-10-11(13(19)21-4)15-16-17(10)9(2)12(18)14-7-6-8-20-3/h9H,5-8H2,1-4H3,(H,14,18). The van der Waals surface area contributed by atoms with E-state index in [-0.39, 0.29) is 11.6 Å². The van der Waals surface area contributed by atoms with Gasteiger partial charge in [-0.25, -0.2) is 9.48 Å². The molecule has 1 heterocycles. The molecule has 1 unspecified atom stereocenters. The molecule has 0 aliphatic rings. The second-order valence-electron chi connectivity index (χ2n) is 4.49. The number of rotatable bonds is 8. The fourth-order valence-corrected chi connectivity index (χ4v) is 1.90. The first-order valence-corrected chi connectivity index (χ1v) is 6.85. The first kappa shape index (κ1) is 17.1. The molecule has 118 valence electrons. The van der Waals surface area contributed by atoms with E-state index in [0.717, 1.165) is 6.42 Å². The summed E-state index contributed by atoms with van der Waals surface area (Å²) in [5.74, 6) is -0.729. The summed E-state index contributed by atoms with van der Waals surface area (Å²) in [4.78, 5) is 23.7. The third-order valence-corrected chi connectivity index (χ3v) is 3.08. The van der Waals surface area contributed by atoms with Gasteiger partial charge in [0.15, 0.2) is 5.69 Å². The third-order valence-electron chi connectivity index (χ3n) is 3.08. The lowest BCUT2D eigenvalue weighted by Gasteiger charge is -2.14. The number of amides is 1. The average Bonchev–Trinajstić information content (AvgIpc) is 2.93. The van der Waals surface area contributed by atoms with Gasteiger partial charge in [0, 0.05) is 20.3 Å². The topological polar surface area (TPSA) is 95.3 Å². The van der Waals surface area contributed by atoms with Crippen LogP contribution in [0.3, 0.4) is 0 Å². The maximum Gasteiger partial charge on any atom is 0.360 e. The highest BCUT2D eigenvalue weighted by atomic mass is 16.5. The lowest BCUT2D eigenvalue weighted by molar-refractivity contribution is -0.124. The van der Waals surface area contributed by atoms with E-state index in [4.69, 9.17) is 4.74 Å². The van der Waals surface area contributed by atoms with Gasteiger partial charge in [0.05, 0.1) is 12.8 Å². The molecule has 0 aromatic carbocycles. The Balaban J connectivity index is 2.77. The highest BCUT2D eigenvalue weighted by molar-refractivity contribution is 5.88. The van der Waals surface area contributed by atoms with Crippen LogP contribution in [0.2, 0.25) is 0 Å². The number of ether oxygens (including phenoxy) is 2. The molecule has 8 heteroatoms. The SMILES string of the molecule is CCc1c(C(=O)OC)nnn1C(C)C(=O)NCCCOC. The number of nitrogens with one attached hydrogen (secondary N) is 1. The number of hydrogen-bond donors (Lipinski definition) is 1. The number of methoxy groups -OCH3 is 2. The predicted octanol–water partition coefficient (Wildman–Crippen LogP) is 0.341. The normalized spacial score (nSPS) is 12.0. The summed E-state index contributed by atoms with van der Waals surface area (Å²) in [7, 11) is 2.90. The maximum absolute atomic E-state index is 12.1. The number of carbonyl (C=O) groups is 2. The van der Waals surface area contributed by atoms with Gasteiger partial charge >= 0.3 is 5.97 Å². The number of hydrogen-bond acceptors (Lipinski definition) is 6. The fraction of sp³-hybridized carbons (Fsp3) is 0.692. The molecule has 1 N–H and O–H groups in total. The van der Waals surface area contributed by atoms with E-state index in [2.05, 4.69) is 20.4 Å². The van der Waals surface area contributed by atoms with Gasteiger partial charge in [-0.05, 0) is 19.8 Å². The molecule has 0 spiro atoms. The van der Waals surface area contributed by atoms with Crippen molar-refractivity contribution < 1.29 is 19.1 Å². The maximum atomic E-state index is 12.1. The lowest BCUT2D eigenvalue weighted by Crippen LogP contribution is -2.33. The second-order valence-corrected chi connectivity index (χ2v) is 4.49. The van der Waals surface area contributed by atoms with E-state index in [9.17, 15) is 9.59 Å². The Hall–Kier alpha value is -1.96. The molecule has 0 aliphatic heterocycles. The quantitative estimate of drug-likeness (QED) is 0.549. The first-order chi connectivity index (χ1) is 10.1. The van der Waals surface area contributed by atoms with Crippen molar-refractivity contribution in [3.8, 4) is 0 Å². The molecule has 1 amide bonds. The molecule has 21 heavy (non-hydrogen) atoms. The smallest absolute Gasteiger partial charge is 0.360 e. The van der Waals surface area contributed by atoms with Crippen LogP contribution >= 0.6 is 0 Å². The highest BCUT2D eigenvalue weighted by Gasteiger charge is 2.24. The number of nitrogens with zero attached hydrogens (tertiary/aromatic N) is 3. The van der Waals surface area contributed by atoms with Crippen molar-refractivity contribution in [3.63, 3.8) is 0 Å². The van der Waals surface area contributed by atoms with Gasteiger partial charge in [0.25, 0.3) is 0 Å². The van der Waals surface area contributed by atoms with E-state index in [1.54, 1.807) is 14.0 Å². The van der Waals surface area contributed by atoms with Crippen molar-refractivity contribution in [1.82, 2.24) is 20.3 Å². The molecule has 8 nitrogen and oxygen atoms in total. The van der Waals surface area contributed by atoms with Crippen molar-refractivity contribution in [2.45, 2.75) is 32.7 Å². The Kier molecular flexibility index (Phi) is 6.80. The zero-order chi connectivity index (χ0) is 15.8. The van der Waals surface area contributed by atoms with Crippen LogP contribution < -0.4 is 5.32 Å². The highest BCUT2D eigenvalue weighted by Crippen LogP contribution is 2.14. The van der Waals surface area contributed by atoms with E-state index < -0.39 is 12.0 Å². The minimum absolute atomic E-state index is 0.152. The summed E-state index contributed by atoms with van der Waals surface area (Å²) in [5.41, 5.74) is 0.737. The van der Waals surface area contributed by atoms with E-state index in [1.165, 1.54) is 11.8 Å². The second kappa shape index (κ2) is 8.35. The predicted molar refractivity (Wildman–Crippen MR) is 75.0 cm³/mol. The van der Waals surface area contributed by atoms with Crippen molar-refractivity contribution in [1.29, 1.82) is 0 Å². The Morgan fingerprint density at radius 2 is 2.10 bits per heavy atom. The summed E-state index contributed by atoms with van der Waals surface area (Å²) in [6.07, 6.45) is 1.26. The summed E-state index contributed by atoms with van der Waals surface area (Å²) >= 11 is 0. The van der Waals surface area contributed by atoms with Gasteiger partial charge in [-0.3, -0.25) is 4.79 Å². The van der Waals surface area contributed by atoms with Crippen LogP contribution in [0.25, 0.3) is 0 Å². The van der Waals surface area contributed by atoms with Gasteiger partial charge in [-0.2, -0.15) is 0 Å². The molecule has 0 saturated carbocycles. The van der Waals surface area contributed by atoms with Crippen LogP contribution in [0.15, 0.2) is 0 Å². The largest absolute Gasteiger partial charge is 0.464 e. The van der Waals surface area contributed by atoms with Crippen LogP contribution in [0, 0.1) is 0 Å². The van der Waals surface area contributed by atoms with Gasteiger partial charge in [0.1, 0.15) is 6.04 Å². The Bertz CT molecular complexity index is 487. The fourth-order valence-electron chi connectivity index (χ4n) is 1.90. The van der Waals surface area contributed by atoms with Crippen LogP contribution in [0.1, 0.15) is 42.5 Å². The van der Waals surface area contributed by atoms with Gasteiger partial charge in [-0.15, -0.1) is 5.10 Å². The third kappa shape index (κ3) is 4.25. The average molecular weight is 298 g/mol. The summed E-state index contributed by atoms with van der Waals surface area (Å²) in [5, 5.41) is 10.5. The minimum atomic E-state index is -0.550. The zero-order valence-corrected chi connectivity index (χ0v) is 12.9. The molecule has 1 aromatic heterocycles. The molecule has 0 fully saturated rings. The van der Waals surface area contributed by atoms with E-state index in [1.807, 2.05) is 6.92 Å². The van der Waals surface area contributed by atoms with Gasteiger partial charge in [0.2, 0.25) is 5.91 Å². The molecular formula is C13H22N4O4. The zero-order valence-electron chi connectivity index (χ0n) is 12.9. The van der Waals surface area contributed by atoms with Crippen LogP contribution in [-0.4, -0.2) is 54.2 Å². The Labute approximate surface area is 123 Å². The van der Waals surface area contributed by atoms with Gasteiger partial charge < -0.3 is 14.8 Å². The van der Waals surface area contributed by atoms with Crippen molar-refractivity contribution >= 4 is 11.9 Å².